The van der Waals surface area contributed by atoms with E-state index in [0.717, 1.165) is 121 Å². The third-order valence-electron chi connectivity index (χ3n) is 32.3. The number of benzene rings is 27. The summed E-state index contributed by atoms with van der Waals surface area (Å²) in [5.74, 6) is 0. The highest BCUT2D eigenvalue weighted by atomic mass is 16.3. The summed E-state index contributed by atoms with van der Waals surface area (Å²) in [7, 11) is 0. The maximum absolute atomic E-state index is 7.38. The number of fused-ring (bicyclic) bond motifs is 36. The van der Waals surface area contributed by atoms with Crippen molar-refractivity contribution in [2.24, 2.45) is 0 Å². The minimum atomic E-state index is 0.845. The van der Waals surface area contributed by atoms with Crippen LogP contribution in [0.1, 0.15) is 0 Å². The van der Waals surface area contributed by atoms with Crippen LogP contribution >= 0.6 is 0 Å². The molecular weight excluding hydrogens is 1710 g/mol. The van der Waals surface area contributed by atoms with Gasteiger partial charge in [0.2, 0.25) is 0 Å². The molecule has 3 heterocycles. The SMILES string of the molecule is c1ccc2c(c1)-c1cccc3c(-c4cccc5oc6c(-c7ccc8c9ccccc9c9cc(-c%10ccc%11c(c%10)-c%10ccc(-c%12ccc%13oc%14c(-c%15ccc%16c(c%15)-c%15cccc%17c(-c%18ccc%19oc%20c(-c%21ccc%22c%23ccccc%23c%23ccccc%23c%22c%21)cccc%20c%19c%18)ccc-%16c%15%17)cc(-c%15ccc%16c%17ccccc%17c%17ccccc%17c%16c%15)cc%14c%13c%12)c%12cccc-%11c%10%12)ccc9c8c7)cccc6c45)ccc-2c13. The second kappa shape index (κ2) is 28.1. The minimum absolute atomic E-state index is 0.845. The Morgan fingerprint density at radius 1 is 0.0922 bits per heavy atom. The molecule has 3 aromatic heterocycles. The molecule has 27 aromatic carbocycles. The molecule has 644 valence electrons. The number of hydrogen-bond acceptors (Lipinski definition) is 3. The standard InChI is InChI=1S/C138H74O3/c1-3-23-92-88(19-1)90-21-5-10-28-97(90)120-67-77(45-51-100(92)120)83-73-119(82-48-56-105-115-60-57-84(108-34-16-38-113(133(108)115)125(105)70-82)78-49-63-129-126(71-78)117-40-13-31-86(136(117)139-129)80-46-54-101-93-24-4-2-20-89(93)91-22-6-11-29-98(91)122(101)68-80)138-128(74-83)127-72-79(50-64-130(127)140-138)85-58-61-116-124-66-76(43-52-104(124)111-37-15-33-107(85)132(111)116)75-44-53-106-121(65-75)99-30-12-7-25-94(99)102-55-47-81(69-123(102)106)87-32-14-41-118-135-112(39-18-42-131(135)141-137(87)118)103-59-62-114-96-27-9-8-26-95(96)109-35-17-36-110(103)134(109)114/h1-74H. The minimum Gasteiger partial charge on any atom is -0.455 e. The van der Waals surface area contributed by atoms with E-state index >= 15 is 0 Å². The molecule has 33 rings (SSSR count). The lowest BCUT2D eigenvalue weighted by molar-refractivity contribution is 0.669. The molecule has 0 saturated carbocycles. The van der Waals surface area contributed by atoms with Crippen LogP contribution in [0.15, 0.2) is 462 Å². The van der Waals surface area contributed by atoms with Gasteiger partial charge in [-0.25, -0.2) is 0 Å². The van der Waals surface area contributed by atoms with E-state index in [4.69, 9.17) is 13.3 Å². The quantitative estimate of drug-likeness (QED) is 0.142. The summed E-state index contributed by atoms with van der Waals surface area (Å²) in [6, 6.07) is 169. The van der Waals surface area contributed by atoms with Crippen LogP contribution in [0, 0.1) is 0 Å². The average molecular weight is 1780 g/mol. The first-order valence-corrected chi connectivity index (χ1v) is 48.9. The molecule has 0 fully saturated rings. The van der Waals surface area contributed by atoms with E-state index in [9.17, 15) is 0 Å². The van der Waals surface area contributed by atoms with Crippen molar-refractivity contribution in [3.8, 4) is 156 Å². The predicted octanol–water partition coefficient (Wildman–Crippen LogP) is 39.5. The fraction of sp³-hybridized carbons (Fsp3) is 0. The first-order chi connectivity index (χ1) is 69.9. The van der Waals surface area contributed by atoms with E-state index in [1.165, 1.54) is 229 Å². The topological polar surface area (TPSA) is 39.4 Å². The zero-order valence-electron chi connectivity index (χ0n) is 75.9. The van der Waals surface area contributed by atoms with Gasteiger partial charge in [0.25, 0.3) is 0 Å². The zero-order valence-corrected chi connectivity index (χ0v) is 75.9. The van der Waals surface area contributed by atoms with Gasteiger partial charge < -0.3 is 13.3 Å². The number of para-hydroxylation sites is 2. The van der Waals surface area contributed by atoms with E-state index in [0.29, 0.717) is 0 Å². The van der Waals surface area contributed by atoms with Crippen molar-refractivity contribution in [3.05, 3.63) is 449 Å². The molecular formula is C138H74O3. The van der Waals surface area contributed by atoms with Gasteiger partial charge in [0.15, 0.2) is 0 Å². The van der Waals surface area contributed by atoms with Gasteiger partial charge in [-0.2, -0.15) is 0 Å². The Balaban J connectivity index is 0.482. The van der Waals surface area contributed by atoms with Crippen molar-refractivity contribution >= 4 is 195 Å². The summed E-state index contributed by atoms with van der Waals surface area (Å²) in [6.45, 7) is 0. The number of hydrogen-bond donors (Lipinski definition) is 0. The molecule has 0 bridgehead atoms. The van der Waals surface area contributed by atoms with Crippen molar-refractivity contribution in [3.63, 3.8) is 0 Å². The Morgan fingerprint density at radius 3 is 0.830 bits per heavy atom. The van der Waals surface area contributed by atoms with Crippen LogP contribution in [0.4, 0.5) is 0 Å². The lowest BCUT2D eigenvalue weighted by Gasteiger charge is -2.14. The van der Waals surface area contributed by atoms with Gasteiger partial charge in [0, 0.05) is 49.0 Å². The van der Waals surface area contributed by atoms with Gasteiger partial charge in [0.05, 0.1) is 0 Å². The molecule has 0 saturated heterocycles. The Morgan fingerprint density at radius 2 is 0.333 bits per heavy atom. The van der Waals surface area contributed by atoms with Crippen LogP contribution in [-0.4, -0.2) is 0 Å². The molecule has 0 N–H and O–H groups in total. The lowest BCUT2D eigenvalue weighted by atomic mass is 9.89. The Bertz CT molecular complexity index is 11000. The largest absolute Gasteiger partial charge is 0.455 e. The number of rotatable bonds is 8. The van der Waals surface area contributed by atoms with E-state index in [1.807, 2.05) is 0 Å². The highest BCUT2D eigenvalue weighted by molar-refractivity contribution is 6.32. The van der Waals surface area contributed by atoms with Gasteiger partial charge in [-0.05, 0) is 347 Å². The molecule has 141 heavy (non-hydrogen) atoms. The van der Waals surface area contributed by atoms with Crippen LogP contribution in [0.2, 0.25) is 0 Å². The maximum atomic E-state index is 7.38. The third kappa shape index (κ3) is 10.5. The van der Waals surface area contributed by atoms with Crippen molar-refractivity contribution in [2.75, 3.05) is 0 Å². The van der Waals surface area contributed by atoms with E-state index < -0.39 is 0 Å². The van der Waals surface area contributed by atoms with Crippen LogP contribution in [0.25, 0.3) is 351 Å². The predicted molar refractivity (Wildman–Crippen MR) is 595 cm³/mol. The molecule has 0 aliphatic heterocycles. The smallest absolute Gasteiger partial charge is 0.143 e. The Kier molecular flexibility index (Phi) is 15.1. The second-order valence-electron chi connectivity index (χ2n) is 39.2. The molecule has 0 amide bonds. The Labute approximate surface area is 807 Å². The van der Waals surface area contributed by atoms with Crippen LogP contribution in [-0.2, 0) is 0 Å². The fourth-order valence-electron chi connectivity index (χ4n) is 26.0. The molecule has 3 nitrogen and oxygen atoms in total. The zero-order chi connectivity index (χ0) is 91.4. The lowest BCUT2D eigenvalue weighted by Crippen LogP contribution is -1.87. The van der Waals surface area contributed by atoms with Gasteiger partial charge in [-0.15, -0.1) is 0 Å². The van der Waals surface area contributed by atoms with Crippen molar-refractivity contribution in [2.45, 2.75) is 0 Å². The van der Waals surface area contributed by atoms with Crippen LogP contribution in [0.3, 0.4) is 0 Å². The average Bonchev–Trinajstić information content (AvgIpc) is 1.61. The van der Waals surface area contributed by atoms with E-state index in [1.54, 1.807) is 0 Å². The second-order valence-corrected chi connectivity index (χ2v) is 39.2. The van der Waals surface area contributed by atoms with Gasteiger partial charge in [-0.3, -0.25) is 0 Å². The molecule has 0 unspecified atom stereocenters. The summed E-state index contributed by atoms with van der Waals surface area (Å²) < 4.78 is 21.4. The third-order valence-corrected chi connectivity index (χ3v) is 32.3. The molecule has 0 atom stereocenters. The Hall–Kier alpha value is -18.5. The summed E-state index contributed by atoms with van der Waals surface area (Å²) in [5, 5.41) is 36.6. The van der Waals surface area contributed by atoms with Crippen molar-refractivity contribution in [1.82, 2.24) is 0 Å². The molecule has 0 spiro atoms. The molecule has 3 aliphatic carbocycles. The fourth-order valence-corrected chi connectivity index (χ4v) is 26.0. The molecule has 0 radical (unpaired) electrons. The summed E-state index contributed by atoms with van der Waals surface area (Å²) >= 11 is 0. The normalized spacial score (nSPS) is 12.5. The first kappa shape index (κ1) is 75.7. The highest BCUT2D eigenvalue weighted by Crippen LogP contribution is 2.58. The van der Waals surface area contributed by atoms with Crippen LogP contribution < -0.4 is 0 Å². The summed E-state index contributed by atoms with van der Waals surface area (Å²) in [6.07, 6.45) is 0. The highest BCUT2D eigenvalue weighted by Gasteiger charge is 2.31. The van der Waals surface area contributed by atoms with Crippen LogP contribution in [0.5, 0.6) is 0 Å². The van der Waals surface area contributed by atoms with Crippen molar-refractivity contribution in [1.29, 1.82) is 0 Å². The molecule has 30 aromatic rings. The number of furan rings is 3. The summed E-state index contributed by atoms with van der Waals surface area (Å²) in [5.41, 5.74) is 38.6. The van der Waals surface area contributed by atoms with Crippen molar-refractivity contribution < 1.29 is 13.3 Å². The summed E-state index contributed by atoms with van der Waals surface area (Å²) in [4.78, 5) is 0. The molecule has 3 heteroatoms. The van der Waals surface area contributed by atoms with E-state index in [2.05, 4.69) is 449 Å². The van der Waals surface area contributed by atoms with Gasteiger partial charge >= 0.3 is 0 Å². The van der Waals surface area contributed by atoms with Gasteiger partial charge in [0.1, 0.15) is 33.5 Å². The first-order valence-electron chi connectivity index (χ1n) is 48.9. The monoisotopic (exact) mass is 1780 g/mol. The van der Waals surface area contributed by atoms with Gasteiger partial charge in [-0.1, -0.05) is 370 Å². The maximum Gasteiger partial charge on any atom is 0.143 e. The molecule has 3 aliphatic rings. The van der Waals surface area contributed by atoms with E-state index in [-0.39, 0.29) is 0 Å².